The van der Waals surface area contributed by atoms with E-state index in [0.717, 1.165) is 38.0 Å². The first-order chi connectivity index (χ1) is 11.1. The molecule has 1 saturated heterocycles. The Hall–Kier alpha value is -2.11. The van der Waals surface area contributed by atoms with E-state index >= 15 is 0 Å². The number of H-pyrrole nitrogens is 1. The van der Waals surface area contributed by atoms with Gasteiger partial charge in [0, 0.05) is 43.9 Å². The van der Waals surface area contributed by atoms with Crippen molar-refractivity contribution in [2.24, 2.45) is 7.05 Å². The fourth-order valence-electron chi connectivity index (χ4n) is 3.40. The van der Waals surface area contributed by atoms with E-state index in [9.17, 15) is 4.79 Å². The second-order valence-corrected chi connectivity index (χ2v) is 6.52. The summed E-state index contributed by atoms with van der Waals surface area (Å²) in [7, 11) is 1.93. The van der Waals surface area contributed by atoms with Gasteiger partial charge in [0.2, 0.25) is 5.91 Å². The molecule has 1 aliphatic heterocycles. The van der Waals surface area contributed by atoms with E-state index in [1.807, 2.05) is 35.9 Å². The molecule has 0 aromatic carbocycles. The zero-order chi connectivity index (χ0) is 16.4. The molecule has 3 rings (SSSR count). The van der Waals surface area contributed by atoms with Gasteiger partial charge in [-0.15, -0.1) is 0 Å². The molecule has 3 heterocycles. The molecule has 6 heteroatoms. The highest BCUT2D eigenvalue weighted by atomic mass is 16.2. The number of hydrogen-bond donors (Lipinski definition) is 1. The maximum atomic E-state index is 12.6. The molecule has 124 valence electrons. The summed E-state index contributed by atoms with van der Waals surface area (Å²) in [6.07, 6.45) is 7.23. The monoisotopic (exact) mass is 315 g/mol. The van der Waals surface area contributed by atoms with Crippen LogP contribution in [0.15, 0.2) is 12.4 Å². The van der Waals surface area contributed by atoms with Crippen molar-refractivity contribution in [2.75, 3.05) is 13.1 Å². The van der Waals surface area contributed by atoms with Gasteiger partial charge in [0.25, 0.3) is 0 Å². The van der Waals surface area contributed by atoms with Crippen LogP contribution in [0.1, 0.15) is 47.7 Å². The van der Waals surface area contributed by atoms with Crippen molar-refractivity contribution in [3.8, 4) is 0 Å². The van der Waals surface area contributed by atoms with Crippen LogP contribution in [0.25, 0.3) is 0 Å². The van der Waals surface area contributed by atoms with Crippen LogP contribution in [0, 0.1) is 13.8 Å². The van der Waals surface area contributed by atoms with Gasteiger partial charge in [-0.2, -0.15) is 10.2 Å². The lowest BCUT2D eigenvalue weighted by Crippen LogP contribution is -2.39. The first-order valence-electron chi connectivity index (χ1n) is 8.31. The highest BCUT2D eigenvalue weighted by Crippen LogP contribution is 2.27. The van der Waals surface area contributed by atoms with Crippen molar-refractivity contribution >= 4 is 5.91 Å². The van der Waals surface area contributed by atoms with Crippen LogP contribution in [0.3, 0.4) is 0 Å². The van der Waals surface area contributed by atoms with Gasteiger partial charge >= 0.3 is 0 Å². The lowest BCUT2D eigenvalue weighted by atomic mass is 9.92. The largest absolute Gasteiger partial charge is 0.342 e. The first kappa shape index (κ1) is 15.8. The Kier molecular flexibility index (Phi) is 4.50. The number of nitrogens with one attached hydrogen (secondary N) is 1. The number of nitrogens with zero attached hydrogens (tertiary/aromatic N) is 4. The third-order valence-electron chi connectivity index (χ3n) is 5.00. The second kappa shape index (κ2) is 6.56. The molecule has 1 fully saturated rings. The Bertz CT molecular complexity index is 687. The van der Waals surface area contributed by atoms with Gasteiger partial charge in [-0.05, 0) is 44.2 Å². The summed E-state index contributed by atoms with van der Waals surface area (Å²) in [4.78, 5) is 14.6. The zero-order valence-corrected chi connectivity index (χ0v) is 14.2. The third kappa shape index (κ3) is 3.30. The topological polar surface area (TPSA) is 66.8 Å². The molecule has 1 N–H and O–H groups in total. The number of aromatic amines is 1. The SMILES string of the molecule is Cc1cn[nH]c1C1CCCN(C(=O)CCc2cnn(C)c2C)C1. The van der Waals surface area contributed by atoms with Crippen molar-refractivity contribution < 1.29 is 4.79 Å². The average molecular weight is 315 g/mol. The van der Waals surface area contributed by atoms with Crippen molar-refractivity contribution in [2.45, 2.75) is 45.4 Å². The molecule has 2 aromatic rings. The number of hydrogen-bond acceptors (Lipinski definition) is 3. The molecule has 0 bridgehead atoms. The van der Waals surface area contributed by atoms with Crippen LogP contribution in [-0.2, 0) is 18.3 Å². The second-order valence-electron chi connectivity index (χ2n) is 6.52. The maximum Gasteiger partial charge on any atom is 0.222 e. The van der Waals surface area contributed by atoms with E-state index in [1.165, 1.54) is 16.8 Å². The van der Waals surface area contributed by atoms with Crippen LogP contribution in [0.4, 0.5) is 0 Å². The zero-order valence-electron chi connectivity index (χ0n) is 14.2. The average Bonchev–Trinajstić information content (AvgIpc) is 3.12. The lowest BCUT2D eigenvalue weighted by molar-refractivity contribution is -0.132. The van der Waals surface area contributed by atoms with Crippen molar-refractivity contribution in [3.05, 3.63) is 34.9 Å². The highest BCUT2D eigenvalue weighted by molar-refractivity contribution is 5.76. The summed E-state index contributed by atoms with van der Waals surface area (Å²) in [5.41, 5.74) is 4.68. The van der Waals surface area contributed by atoms with Crippen molar-refractivity contribution in [1.82, 2.24) is 24.9 Å². The summed E-state index contributed by atoms with van der Waals surface area (Å²) in [5.74, 6) is 0.630. The molecule has 0 radical (unpaired) electrons. The van der Waals surface area contributed by atoms with Gasteiger partial charge in [-0.25, -0.2) is 0 Å². The number of amides is 1. The molecule has 1 unspecified atom stereocenters. The minimum Gasteiger partial charge on any atom is -0.342 e. The molecule has 6 nitrogen and oxygen atoms in total. The van der Waals surface area contributed by atoms with E-state index in [1.54, 1.807) is 0 Å². The van der Waals surface area contributed by atoms with Crippen molar-refractivity contribution in [3.63, 3.8) is 0 Å². The van der Waals surface area contributed by atoms with Gasteiger partial charge < -0.3 is 4.90 Å². The van der Waals surface area contributed by atoms with Crippen LogP contribution >= 0.6 is 0 Å². The predicted molar refractivity (Wildman–Crippen MR) is 88.1 cm³/mol. The summed E-state index contributed by atoms with van der Waals surface area (Å²) >= 11 is 0. The number of aromatic nitrogens is 4. The number of aryl methyl sites for hydroxylation is 3. The molecule has 23 heavy (non-hydrogen) atoms. The number of rotatable bonds is 4. The van der Waals surface area contributed by atoms with Crippen LogP contribution in [0.2, 0.25) is 0 Å². The number of piperidine rings is 1. The van der Waals surface area contributed by atoms with Gasteiger partial charge in [-0.3, -0.25) is 14.6 Å². The molecule has 1 atom stereocenters. The fraction of sp³-hybridized carbons (Fsp3) is 0.588. The minimum absolute atomic E-state index is 0.245. The smallest absolute Gasteiger partial charge is 0.222 e. The summed E-state index contributed by atoms with van der Waals surface area (Å²) < 4.78 is 1.86. The summed E-state index contributed by atoms with van der Waals surface area (Å²) in [5, 5.41) is 11.5. The molecule has 0 saturated carbocycles. The molecular weight excluding hydrogens is 290 g/mol. The van der Waals surface area contributed by atoms with Crippen LogP contribution < -0.4 is 0 Å². The van der Waals surface area contributed by atoms with E-state index in [0.29, 0.717) is 12.3 Å². The Balaban J connectivity index is 1.59. The molecular formula is C17H25N5O. The Morgan fingerprint density at radius 1 is 1.39 bits per heavy atom. The van der Waals surface area contributed by atoms with E-state index < -0.39 is 0 Å². The van der Waals surface area contributed by atoms with Gasteiger partial charge in [-0.1, -0.05) is 0 Å². The Morgan fingerprint density at radius 2 is 2.22 bits per heavy atom. The normalized spacial score (nSPS) is 18.4. The lowest BCUT2D eigenvalue weighted by Gasteiger charge is -2.32. The predicted octanol–water partition coefficient (Wildman–Crippen LogP) is 2.10. The summed E-state index contributed by atoms with van der Waals surface area (Å²) in [6.45, 7) is 5.79. The molecule has 1 amide bonds. The number of likely N-dealkylation sites (tertiary alicyclic amines) is 1. The van der Waals surface area contributed by atoms with E-state index in [-0.39, 0.29) is 5.91 Å². The van der Waals surface area contributed by atoms with E-state index in [4.69, 9.17) is 0 Å². The highest BCUT2D eigenvalue weighted by Gasteiger charge is 2.26. The summed E-state index contributed by atoms with van der Waals surface area (Å²) in [6, 6.07) is 0. The minimum atomic E-state index is 0.245. The van der Waals surface area contributed by atoms with Gasteiger partial charge in [0.05, 0.1) is 12.4 Å². The maximum absolute atomic E-state index is 12.6. The van der Waals surface area contributed by atoms with Crippen molar-refractivity contribution in [1.29, 1.82) is 0 Å². The third-order valence-corrected chi connectivity index (χ3v) is 5.00. The number of carbonyl (C=O) groups excluding carboxylic acids is 1. The van der Waals surface area contributed by atoms with E-state index in [2.05, 4.69) is 22.2 Å². The fourth-order valence-corrected chi connectivity index (χ4v) is 3.40. The quantitative estimate of drug-likeness (QED) is 0.939. The first-order valence-corrected chi connectivity index (χ1v) is 8.31. The Labute approximate surface area is 136 Å². The molecule has 0 aliphatic carbocycles. The Morgan fingerprint density at radius 3 is 2.87 bits per heavy atom. The van der Waals surface area contributed by atoms with Gasteiger partial charge in [0.15, 0.2) is 0 Å². The van der Waals surface area contributed by atoms with Crippen LogP contribution in [0.5, 0.6) is 0 Å². The molecule has 0 spiro atoms. The molecule has 2 aromatic heterocycles. The standard InChI is InChI=1S/C17H25N5O/c1-12-9-18-20-17(12)15-5-4-8-22(11-15)16(23)7-6-14-10-19-21(3)13(14)2/h9-10,15H,4-8,11H2,1-3H3,(H,18,20). The number of carbonyl (C=O) groups is 1. The molecule has 1 aliphatic rings. The van der Waals surface area contributed by atoms with Gasteiger partial charge in [0.1, 0.15) is 0 Å². The van der Waals surface area contributed by atoms with Crippen LogP contribution in [-0.4, -0.2) is 43.9 Å².